The van der Waals surface area contributed by atoms with Gasteiger partial charge < -0.3 is 16.0 Å². The van der Waals surface area contributed by atoms with Gasteiger partial charge in [-0.2, -0.15) is 0 Å². The van der Waals surface area contributed by atoms with E-state index in [0.29, 0.717) is 23.8 Å². The first-order valence-corrected chi connectivity index (χ1v) is 9.25. The zero-order valence-electron chi connectivity index (χ0n) is 15.4. The van der Waals surface area contributed by atoms with Crippen LogP contribution in [0.25, 0.3) is 0 Å². The third-order valence-electron chi connectivity index (χ3n) is 4.94. The molecular weight excluding hydrogens is 324 g/mol. The number of nitrogens with one attached hydrogen (secondary N) is 1. The predicted octanol–water partition coefficient (Wildman–Crippen LogP) is 2.38. The highest BCUT2D eigenvalue weighted by Gasteiger charge is 2.25. The smallest absolute Gasteiger partial charge is 0.251 e. The van der Waals surface area contributed by atoms with Gasteiger partial charge in [-0.1, -0.05) is 36.4 Å². The second-order valence-corrected chi connectivity index (χ2v) is 6.96. The number of nitrogen functional groups attached to an aromatic ring is 1. The molecule has 1 aliphatic heterocycles. The van der Waals surface area contributed by atoms with E-state index < -0.39 is 0 Å². The number of likely N-dealkylation sites (N-methyl/N-ethyl adjacent to an activating group) is 1. The number of hydrogen-bond donors (Lipinski definition) is 2. The van der Waals surface area contributed by atoms with E-state index in [4.69, 9.17) is 5.73 Å². The second-order valence-electron chi connectivity index (χ2n) is 6.96. The quantitative estimate of drug-likeness (QED) is 0.619. The van der Waals surface area contributed by atoms with Gasteiger partial charge in [-0.05, 0) is 37.2 Å². The first-order valence-electron chi connectivity index (χ1n) is 9.25. The largest absolute Gasteiger partial charge is 0.399 e. The number of nitrogens with zero attached hydrogens (tertiary/aromatic N) is 2. The van der Waals surface area contributed by atoms with Crippen LogP contribution in [0.1, 0.15) is 28.4 Å². The molecule has 1 amide bonds. The number of rotatable bonds is 6. The summed E-state index contributed by atoms with van der Waals surface area (Å²) in [6, 6.07) is 18.2. The summed E-state index contributed by atoms with van der Waals surface area (Å²) in [6.45, 7) is 4.82. The van der Waals surface area contributed by atoms with Gasteiger partial charge in [0.2, 0.25) is 0 Å². The molecule has 1 fully saturated rings. The predicted molar refractivity (Wildman–Crippen MR) is 106 cm³/mol. The van der Waals surface area contributed by atoms with Crippen molar-refractivity contribution in [2.75, 3.05) is 45.5 Å². The Bertz CT molecular complexity index is 719. The van der Waals surface area contributed by atoms with E-state index in [1.807, 2.05) is 0 Å². The maximum atomic E-state index is 12.2. The zero-order valence-corrected chi connectivity index (χ0v) is 15.4. The molecule has 1 heterocycles. The molecule has 0 bridgehead atoms. The van der Waals surface area contributed by atoms with Crippen molar-refractivity contribution in [1.82, 2.24) is 15.1 Å². The molecular formula is C21H28N4O. The lowest BCUT2D eigenvalue weighted by Crippen LogP contribution is -2.47. The summed E-state index contributed by atoms with van der Waals surface area (Å²) in [4.78, 5) is 17.1. The van der Waals surface area contributed by atoms with Gasteiger partial charge in [0, 0.05) is 50.0 Å². The Balaban J connectivity index is 1.50. The van der Waals surface area contributed by atoms with E-state index in [1.165, 1.54) is 5.56 Å². The lowest BCUT2D eigenvalue weighted by atomic mass is 10.0. The molecule has 1 atom stereocenters. The van der Waals surface area contributed by atoms with Crippen LogP contribution in [-0.2, 0) is 0 Å². The van der Waals surface area contributed by atoms with Crippen LogP contribution in [0.2, 0.25) is 0 Å². The summed E-state index contributed by atoms with van der Waals surface area (Å²) in [5, 5.41) is 3.00. The summed E-state index contributed by atoms with van der Waals surface area (Å²) < 4.78 is 0. The molecule has 5 nitrogen and oxygen atoms in total. The Morgan fingerprint density at radius 3 is 2.73 bits per heavy atom. The number of amides is 1. The van der Waals surface area contributed by atoms with Crippen LogP contribution in [0.15, 0.2) is 54.6 Å². The van der Waals surface area contributed by atoms with E-state index >= 15 is 0 Å². The summed E-state index contributed by atoms with van der Waals surface area (Å²) >= 11 is 0. The van der Waals surface area contributed by atoms with Crippen molar-refractivity contribution in [2.45, 2.75) is 12.5 Å². The fourth-order valence-corrected chi connectivity index (χ4v) is 3.48. The minimum absolute atomic E-state index is 0.0599. The maximum Gasteiger partial charge on any atom is 0.251 e. The van der Waals surface area contributed by atoms with Gasteiger partial charge in [0.1, 0.15) is 0 Å². The van der Waals surface area contributed by atoms with Gasteiger partial charge in [-0.15, -0.1) is 0 Å². The lowest BCUT2D eigenvalue weighted by molar-refractivity contribution is 0.0866. The van der Waals surface area contributed by atoms with E-state index in [-0.39, 0.29) is 5.91 Å². The molecule has 3 rings (SSSR count). The minimum atomic E-state index is -0.0599. The van der Waals surface area contributed by atoms with Gasteiger partial charge in [0.25, 0.3) is 5.91 Å². The number of nitrogens with two attached hydrogens (primary N) is 1. The van der Waals surface area contributed by atoms with Crippen LogP contribution >= 0.6 is 0 Å². The van der Waals surface area contributed by atoms with E-state index in [1.54, 1.807) is 24.3 Å². The second kappa shape index (κ2) is 8.83. The summed E-state index contributed by atoms with van der Waals surface area (Å²) in [5.41, 5.74) is 8.33. The Morgan fingerprint density at radius 1 is 1.15 bits per heavy atom. The SMILES string of the molecule is CN1CCN(CCCNC(=O)c2cccc(N)c2)C(c2ccccc2)C1. The highest BCUT2D eigenvalue weighted by atomic mass is 16.1. The lowest BCUT2D eigenvalue weighted by Gasteiger charge is -2.40. The van der Waals surface area contributed by atoms with Crippen LogP contribution in [0.4, 0.5) is 5.69 Å². The van der Waals surface area contributed by atoms with Gasteiger partial charge in [-0.3, -0.25) is 9.69 Å². The number of carbonyl (C=O) groups is 1. The van der Waals surface area contributed by atoms with E-state index in [2.05, 4.69) is 52.5 Å². The van der Waals surface area contributed by atoms with E-state index in [0.717, 1.165) is 32.6 Å². The van der Waals surface area contributed by atoms with Crippen LogP contribution < -0.4 is 11.1 Å². The van der Waals surface area contributed by atoms with Gasteiger partial charge in [-0.25, -0.2) is 0 Å². The summed E-state index contributed by atoms with van der Waals surface area (Å²) in [5.74, 6) is -0.0599. The molecule has 0 aliphatic carbocycles. The molecule has 0 saturated carbocycles. The number of carbonyl (C=O) groups excluding carboxylic acids is 1. The minimum Gasteiger partial charge on any atom is -0.399 e. The van der Waals surface area contributed by atoms with Crippen LogP contribution in [0.3, 0.4) is 0 Å². The van der Waals surface area contributed by atoms with Crippen molar-refractivity contribution < 1.29 is 4.79 Å². The molecule has 0 spiro atoms. The van der Waals surface area contributed by atoms with E-state index in [9.17, 15) is 4.79 Å². The van der Waals surface area contributed by atoms with Crippen molar-refractivity contribution in [2.24, 2.45) is 0 Å². The Morgan fingerprint density at radius 2 is 1.96 bits per heavy atom. The molecule has 2 aromatic rings. The third kappa shape index (κ3) is 4.84. The number of hydrogen-bond acceptors (Lipinski definition) is 4. The fourth-order valence-electron chi connectivity index (χ4n) is 3.48. The molecule has 1 unspecified atom stereocenters. The molecule has 5 heteroatoms. The normalized spacial score (nSPS) is 18.6. The first kappa shape index (κ1) is 18.4. The van der Waals surface area contributed by atoms with Gasteiger partial charge in [0.15, 0.2) is 0 Å². The molecule has 1 aliphatic rings. The third-order valence-corrected chi connectivity index (χ3v) is 4.94. The molecule has 138 valence electrons. The molecule has 26 heavy (non-hydrogen) atoms. The zero-order chi connectivity index (χ0) is 18.4. The van der Waals surface area contributed by atoms with Crippen LogP contribution in [-0.4, -0.2) is 55.5 Å². The highest BCUT2D eigenvalue weighted by molar-refractivity contribution is 5.94. The fraction of sp³-hybridized carbons (Fsp3) is 0.381. The Labute approximate surface area is 155 Å². The van der Waals surface area contributed by atoms with Crippen LogP contribution in [0.5, 0.6) is 0 Å². The highest BCUT2D eigenvalue weighted by Crippen LogP contribution is 2.24. The summed E-state index contributed by atoms with van der Waals surface area (Å²) in [7, 11) is 2.18. The number of piperazine rings is 1. The van der Waals surface area contributed by atoms with Crippen molar-refractivity contribution in [3.8, 4) is 0 Å². The maximum absolute atomic E-state index is 12.2. The van der Waals surface area contributed by atoms with Crippen LogP contribution in [0, 0.1) is 0 Å². The molecule has 0 aromatic heterocycles. The average Bonchev–Trinajstić information content (AvgIpc) is 2.66. The topological polar surface area (TPSA) is 61.6 Å². The van der Waals surface area contributed by atoms with Gasteiger partial charge in [0.05, 0.1) is 0 Å². The molecule has 1 saturated heterocycles. The molecule has 3 N–H and O–H groups in total. The van der Waals surface area contributed by atoms with Crippen molar-refractivity contribution in [3.05, 3.63) is 65.7 Å². The number of anilines is 1. The standard InChI is InChI=1S/C21H28N4O/c1-24-13-14-25(20(16-24)17-7-3-2-4-8-17)12-6-11-23-21(26)18-9-5-10-19(22)15-18/h2-5,7-10,15,20H,6,11-14,16,22H2,1H3,(H,23,26). The van der Waals surface area contributed by atoms with Crippen molar-refractivity contribution in [1.29, 1.82) is 0 Å². The monoisotopic (exact) mass is 352 g/mol. The first-order chi connectivity index (χ1) is 12.6. The summed E-state index contributed by atoms with van der Waals surface area (Å²) in [6.07, 6.45) is 0.932. The Hall–Kier alpha value is -2.37. The average molecular weight is 352 g/mol. The molecule has 0 radical (unpaired) electrons. The number of benzene rings is 2. The Kier molecular flexibility index (Phi) is 6.26. The van der Waals surface area contributed by atoms with Crippen molar-refractivity contribution >= 4 is 11.6 Å². The van der Waals surface area contributed by atoms with Crippen molar-refractivity contribution in [3.63, 3.8) is 0 Å². The van der Waals surface area contributed by atoms with Gasteiger partial charge >= 0.3 is 0 Å². The molecule has 2 aromatic carbocycles.